The molecule has 0 atom stereocenters. The molecule has 0 aliphatic heterocycles. The summed E-state index contributed by atoms with van der Waals surface area (Å²) < 4.78 is 5.67. The van der Waals surface area contributed by atoms with Crippen LogP contribution in [0.15, 0.2) is 77.9 Å². The van der Waals surface area contributed by atoms with E-state index in [1.54, 1.807) is 42.5 Å². The van der Waals surface area contributed by atoms with Crippen molar-refractivity contribution in [3.63, 3.8) is 0 Å². The van der Waals surface area contributed by atoms with Crippen molar-refractivity contribution < 1.29 is 14.3 Å². The van der Waals surface area contributed by atoms with Crippen molar-refractivity contribution in [2.75, 3.05) is 11.9 Å². The second-order valence-electron chi connectivity index (χ2n) is 6.76. The van der Waals surface area contributed by atoms with Crippen LogP contribution in [0.1, 0.15) is 27.0 Å². The minimum absolute atomic E-state index is 0.144. The van der Waals surface area contributed by atoms with Crippen molar-refractivity contribution >= 4 is 23.7 Å². The second-order valence-corrected chi connectivity index (χ2v) is 6.76. The lowest BCUT2D eigenvalue weighted by Crippen LogP contribution is -2.21. The molecule has 3 aromatic carbocycles. The highest BCUT2D eigenvalue weighted by Gasteiger charge is 2.08. The van der Waals surface area contributed by atoms with E-state index in [0.717, 1.165) is 16.8 Å². The van der Waals surface area contributed by atoms with Crippen LogP contribution >= 0.6 is 0 Å². The number of hydrogen-bond donors (Lipinski definition) is 2. The molecule has 152 valence electrons. The van der Waals surface area contributed by atoms with Crippen molar-refractivity contribution in [2.24, 2.45) is 5.10 Å². The molecule has 3 rings (SSSR count). The molecule has 2 amide bonds. The van der Waals surface area contributed by atoms with Crippen LogP contribution in [0.5, 0.6) is 5.75 Å². The summed E-state index contributed by atoms with van der Waals surface area (Å²) in [5.41, 5.74) is 6.45. The minimum Gasteiger partial charge on any atom is -0.483 e. The fourth-order valence-electron chi connectivity index (χ4n) is 2.73. The maximum Gasteiger partial charge on any atom is 0.271 e. The number of hydrazone groups is 1. The molecule has 0 unspecified atom stereocenters. The normalized spacial score (nSPS) is 10.6. The van der Waals surface area contributed by atoms with Gasteiger partial charge in [0.25, 0.3) is 11.8 Å². The monoisotopic (exact) mass is 401 g/mol. The SMILES string of the molecule is Cc1ccc(C)c(NC(=O)COc2ccccc2/C=N/NC(=O)c2ccccc2)c1. The fourth-order valence-corrected chi connectivity index (χ4v) is 2.73. The number of para-hydroxylation sites is 1. The van der Waals surface area contributed by atoms with Crippen LogP contribution < -0.4 is 15.5 Å². The third-order valence-corrected chi connectivity index (χ3v) is 4.35. The Morgan fingerprint density at radius 1 is 0.967 bits per heavy atom. The van der Waals surface area contributed by atoms with Crippen LogP contribution in [0.25, 0.3) is 0 Å². The van der Waals surface area contributed by atoms with Gasteiger partial charge in [-0.25, -0.2) is 5.43 Å². The molecule has 0 radical (unpaired) electrons. The van der Waals surface area contributed by atoms with E-state index in [4.69, 9.17) is 4.74 Å². The highest BCUT2D eigenvalue weighted by molar-refractivity contribution is 5.95. The standard InChI is InChI=1S/C24H23N3O3/c1-17-12-13-18(2)21(14-17)26-23(28)16-30-22-11-7-6-10-20(22)15-25-27-24(29)19-8-4-3-5-9-19/h3-15H,16H2,1-2H3,(H,26,28)(H,27,29)/b25-15+. The van der Waals surface area contributed by atoms with Crippen LogP contribution in [0.3, 0.4) is 0 Å². The largest absolute Gasteiger partial charge is 0.483 e. The van der Waals surface area contributed by atoms with Gasteiger partial charge in [-0.3, -0.25) is 9.59 Å². The van der Waals surface area contributed by atoms with E-state index in [1.807, 2.05) is 44.2 Å². The number of hydrogen-bond acceptors (Lipinski definition) is 4. The van der Waals surface area contributed by atoms with E-state index in [1.165, 1.54) is 6.21 Å². The first kappa shape index (κ1) is 20.8. The van der Waals surface area contributed by atoms with Crippen molar-refractivity contribution in [3.8, 4) is 5.75 Å². The first-order chi connectivity index (χ1) is 14.5. The highest BCUT2D eigenvalue weighted by Crippen LogP contribution is 2.18. The molecule has 30 heavy (non-hydrogen) atoms. The molecule has 0 fully saturated rings. The molecule has 0 saturated heterocycles. The van der Waals surface area contributed by atoms with E-state index in [0.29, 0.717) is 16.9 Å². The summed E-state index contributed by atoms with van der Waals surface area (Å²) in [6.07, 6.45) is 1.48. The first-order valence-electron chi connectivity index (χ1n) is 9.50. The Morgan fingerprint density at radius 2 is 1.70 bits per heavy atom. The van der Waals surface area contributed by atoms with Gasteiger partial charge in [-0.1, -0.05) is 42.5 Å². The molecular formula is C24H23N3O3. The molecule has 0 spiro atoms. The zero-order chi connectivity index (χ0) is 21.3. The average molecular weight is 401 g/mol. The topological polar surface area (TPSA) is 79.8 Å². The van der Waals surface area contributed by atoms with Gasteiger partial charge in [0.1, 0.15) is 5.75 Å². The third kappa shape index (κ3) is 5.78. The highest BCUT2D eigenvalue weighted by atomic mass is 16.5. The third-order valence-electron chi connectivity index (χ3n) is 4.35. The van der Waals surface area contributed by atoms with E-state index < -0.39 is 0 Å². The van der Waals surface area contributed by atoms with Crippen molar-refractivity contribution in [1.29, 1.82) is 0 Å². The maximum absolute atomic E-state index is 12.3. The zero-order valence-electron chi connectivity index (χ0n) is 16.9. The Labute approximate surface area is 175 Å². The van der Waals surface area contributed by atoms with Gasteiger partial charge in [-0.2, -0.15) is 5.10 Å². The smallest absolute Gasteiger partial charge is 0.271 e. The average Bonchev–Trinajstić information content (AvgIpc) is 2.76. The molecule has 0 aliphatic carbocycles. The van der Waals surface area contributed by atoms with Gasteiger partial charge in [0, 0.05) is 16.8 Å². The van der Waals surface area contributed by atoms with Gasteiger partial charge in [-0.05, 0) is 55.3 Å². The number of amides is 2. The summed E-state index contributed by atoms with van der Waals surface area (Å²) in [4.78, 5) is 24.3. The summed E-state index contributed by atoms with van der Waals surface area (Å²) in [6.45, 7) is 3.76. The second kappa shape index (κ2) is 10.0. The van der Waals surface area contributed by atoms with Gasteiger partial charge in [0.2, 0.25) is 0 Å². The molecule has 0 bridgehead atoms. The van der Waals surface area contributed by atoms with E-state index in [2.05, 4.69) is 15.8 Å². The lowest BCUT2D eigenvalue weighted by atomic mass is 10.1. The molecule has 0 heterocycles. The number of anilines is 1. The van der Waals surface area contributed by atoms with Crippen LogP contribution in [0.2, 0.25) is 0 Å². The maximum atomic E-state index is 12.3. The minimum atomic E-state index is -0.307. The quantitative estimate of drug-likeness (QED) is 0.462. The van der Waals surface area contributed by atoms with Crippen molar-refractivity contribution in [1.82, 2.24) is 5.43 Å². The molecule has 0 aromatic heterocycles. The van der Waals surface area contributed by atoms with Crippen LogP contribution in [0, 0.1) is 13.8 Å². The predicted molar refractivity (Wildman–Crippen MR) is 118 cm³/mol. The molecule has 0 saturated carbocycles. The van der Waals surface area contributed by atoms with Crippen molar-refractivity contribution in [2.45, 2.75) is 13.8 Å². The number of benzene rings is 3. The predicted octanol–water partition coefficient (Wildman–Crippen LogP) is 4.08. The summed E-state index contributed by atoms with van der Waals surface area (Å²) >= 11 is 0. The zero-order valence-corrected chi connectivity index (χ0v) is 16.9. The molecule has 0 aliphatic rings. The lowest BCUT2D eigenvalue weighted by molar-refractivity contribution is -0.118. The summed E-state index contributed by atoms with van der Waals surface area (Å²) in [5.74, 6) is -0.0719. The number of nitrogens with one attached hydrogen (secondary N) is 2. The molecule has 6 heteroatoms. The van der Waals surface area contributed by atoms with Gasteiger partial charge < -0.3 is 10.1 Å². The number of carbonyl (C=O) groups is 2. The Kier molecular flexibility index (Phi) is 6.95. The van der Waals surface area contributed by atoms with E-state index in [-0.39, 0.29) is 18.4 Å². The molecular weight excluding hydrogens is 378 g/mol. The van der Waals surface area contributed by atoms with Gasteiger partial charge in [-0.15, -0.1) is 0 Å². The van der Waals surface area contributed by atoms with E-state index in [9.17, 15) is 9.59 Å². The molecule has 3 aromatic rings. The number of rotatable bonds is 7. The summed E-state index contributed by atoms with van der Waals surface area (Å²) in [5, 5.41) is 6.85. The first-order valence-corrected chi connectivity index (χ1v) is 9.50. The number of aryl methyl sites for hydroxylation is 2. The lowest BCUT2D eigenvalue weighted by Gasteiger charge is -2.11. The number of carbonyl (C=O) groups excluding carboxylic acids is 2. The summed E-state index contributed by atoms with van der Waals surface area (Å²) in [7, 11) is 0. The van der Waals surface area contributed by atoms with E-state index >= 15 is 0 Å². The Morgan fingerprint density at radius 3 is 2.50 bits per heavy atom. The van der Waals surface area contributed by atoms with Crippen LogP contribution in [0.4, 0.5) is 5.69 Å². The Balaban J connectivity index is 1.59. The van der Waals surface area contributed by atoms with Gasteiger partial charge in [0.05, 0.1) is 6.21 Å². The van der Waals surface area contributed by atoms with Gasteiger partial charge >= 0.3 is 0 Å². The summed E-state index contributed by atoms with van der Waals surface area (Å²) in [6, 6.07) is 21.8. The molecule has 6 nitrogen and oxygen atoms in total. The Bertz CT molecular complexity index is 1060. The van der Waals surface area contributed by atoms with Gasteiger partial charge in [0.15, 0.2) is 6.61 Å². The number of ether oxygens (including phenoxy) is 1. The van der Waals surface area contributed by atoms with Crippen LogP contribution in [-0.2, 0) is 4.79 Å². The van der Waals surface area contributed by atoms with Crippen molar-refractivity contribution in [3.05, 3.63) is 95.1 Å². The van der Waals surface area contributed by atoms with Crippen LogP contribution in [-0.4, -0.2) is 24.6 Å². The fraction of sp³-hybridized carbons (Fsp3) is 0.125. The Hall–Kier alpha value is -3.93. The number of nitrogens with zero attached hydrogens (tertiary/aromatic N) is 1. The molecule has 2 N–H and O–H groups in total.